The number of morpholine rings is 1. The summed E-state index contributed by atoms with van der Waals surface area (Å²) in [5, 5.41) is 18.7. The molecule has 0 amide bonds. The van der Waals surface area contributed by atoms with Crippen molar-refractivity contribution in [2.24, 2.45) is 7.05 Å². The van der Waals surface area contributed by atoms with Crippen LogP contribution in [0.3, 0.4) is 0 Å². The van der Waals surface area contributed by atoms with Crippen LogP contribution in [-0.2, 0) is 41.6 Å². The Balaban J connectivity index is 1.03. The fourth-order valence-corrected chi connectivity index (χ4v) is 9.77. The molecule has 0 unspecified atom stereocenters. The number of piperazine rings is 1. The topological polar surface area (TPSA) is 135 Å². The maximum Gasteiger partial charge on any atom is 0.352 e. The van der Waals surface area contributed by atoms with E-state index in [0.717, 1.165) is 80.8 Å². The number of hydrogen-bond donors (Lipinski definition) is 1. The largest absolute Gasteiger partial charge is 0.493 e. The number of nitrogens with zero attached hydrogens (tertiary/aromatic N) is 7. The summed E-state index contributed by atoms with van der Waals surface area (Å²) in [6, 6.07) is 28.3. The lowest BCUT2D eigenvalue weighted by molar-refractivity contribution is 0.0362. The van der Waals surface area contributed by atoms with Crippen LogP contribution in [0.1, 0.15) is 33.9 Å². The first-order chi connectivity index (χ1) is 29.5. The van der Waals surface area contributed by atoms with E-state index in [9.17, 15) is 18.3 Å². The average Bonchev–Trinajstić information content (AvgIpc) is 3.74. The lowest BCUT2D eigenvalue weighted by atomic mass is 9.98. The Morgan fingerprint density at radius 1 is 0.869 bits per heavy atom. The molecule has 14 nitrogen and oxygen atoms in total. The maximum atomic E-state index is 13.2. The van der Waals surface area contributed by atoms with Crippen LogP contribution in [0.2, 0.25) is 0 Å². The zero-order chi connectivity index (χ0) is 42.7. The van der Waals surface area contributed by atoms with E-state index in [1.165, 1.54) is 8.61 Å². The number of fused-ring (bicyclic) bond motifs is 2. The number of aromatic nitrogens is 3. The molecule has 6 aromatic rings. The summed E-state index contributed by atoms with van der Waals surface area (Å²) in [5.41, 5.74) is 6.66. The van der Waals surface area contributed by atoms with Crippen molar-refractivity contribution in [3.8, 4) is 22.6 Å². The summed E-state index contributed by atoms with van der Waals surface area (Å²) in [7, 11) is 1.59. The van der Waals surface area contributed by atoms with Crippen molar-refractivity contribution in [3.63, 3.8) is 0 Å². The third-order valence-corrected chi connectivity index (χ3v) is 13.9. The van der Waals surface area contributed by atoms with Gasteiger partial charge < -0.3 is 28.8 Å². The van der Waals surface area contributed by atoms with Crippen LogP contribution in [-0.4, -0.2) is 127 Å². The van der Waals surface area contributed by atoms with Gasteiger partial charge in [-0.25, -0.2) is 4.79 Å². The van der Waals surface area contributed by atoms with Gasteiger partial charge in [-0.05, 0) is 78.7 Å². The van der Waals surface area contributed by atoms with E-state index >= 15 is 0 Å². The molecular weight excluding hydrogens is 795 g/mol. The molecule has 1 N–H and O–H groups in total. The number of benzene rings is 4. The van der Waals surface area contributed by atoms with Crippen molar-refractivity contribution in [2.45, 2.75) is 32.9 Å². The Morgan fingerprint density at radius 3 is 2.34 bits per heavy atom. The monoisotopic (exact) mass is 849 g/mol. The van der Waals surface area contributed by atoms with Gasteiger partial charge in [0.05, 0.1) is 31.2 Å². The van der Waals surface area contributed by atoms with Crippen molar-refractivity contribution in [3.05, 3.63) is 108 Å². The van der Waals surface area contributed by atoms with Crippen LogP contribution < -0.4 is 14.4 Å². The molecule has 322 valence electrons. The van der Waals surface area contributed by atoms with Gasteiger partial charge in [0.1, 0.15) is 23.8 Å². The number of anilines is 1. The lowest BCUT2D eigenvalue weighted by Crippen LogP contribution is -2.51. The Morgan fingerprint density at radius 2 is 1.61 bits per heavy atom. The highest BCUT2D eigenvalue weighted by Crippen LogP contribution is 2.36. The predicted molar refractivity (Wildman–Crippen MR) is 238 cm³/mol. The molecule has 0 atom stereocenters. The summed E-state index contributed by atoms with van der Waals surface area (Å²) in [6.45, 7) is 9.00. The van der Waals surface area contributed by atoms with Crippen LogP contribution in [0.15, 0.2) is 84.9 Å². The normalized spacial score (nSPS) is 15.6. The first-order valence-electron chi connectivity index (χ1n) is 21.0. The molecule has 61 heavy (non-hydrogen) atoms. The molecule has 0 saturated carbocycles. The van der Waals surface area contributed by atoms with Crippen molar-refractivity contribution < 1.29 is 32.5 Å². The molecule has 4 aromatic carbocycles. The van der Waals surface area contributed by atoms with E-state index in [2.05, 4.69) is 46.2 Å². The van der Waals surface area contributed by atoms with Crippen molar-refractivity contribution in [1.29, 1.82) is 0 Å². The standard InChI is InChI=1S/C46H55N7O7S/c1-33-44(42(49(4)47-33)32-60-37-17-15-36(16-18-37)51-21-23-52(24-22-51)61(56,57)48(2)3)35-14-19-41-40(31-35)39(45(46(54)55)53(41)25-20-50-26-29-58-30-27-50)12-8-28-59-43-13-7-10-34-9-5-6-11-38(34)43/h5-7,9-11,13-19,31H,8,12,20-30,32H2,1-4H3,(H,54,55). The fraction of sp³-hybridized carbons (Fsp3) is 0.391. The zero-order valence-corrected chi connectivity index (χ0v) is 36.2. The molecule has 2 fully saturated rings. The Hall–Kier alpha value is -5.45. The number of carbonyl (C=O) groups is 1. The number of carboxylic acid groups (broad SMARTS) is 1. The first kappa shape index (κ1) is 42.2. The highest BCUT2D eigenvalue weighted by atomic mass is 32.2. The van der Waals surface area contributed by atoms with Gasteiger partial charge in [0, 0.05) is 101 Å². The summed E-state index contributed by atoms with van der Waals surface area (Å²) < 4.78 is 50.0. The second-order valence-electron chi connectivity index (χ2n) is 15.9. The molecule has 0 aliphatic carbocycles. The second kappa shape index (κ2) is 18.3. The van der Waals surface area contributed by atoms with E-state index in [1.54, 1.807) is 14.1 Å². The molecule has 2 aliphatic rings. The molecule has 0 radical (unpaired) electrons. The summed E-state index contributed by atoms with van der Waals surface area (Å²) in [4.78, 5) is 17.7. The molecule has 2 saturated heterocycles. The van der Waals surface area contributed by atoms with E-state index in [0.29, 0.717) is 76.8 Å². The van der Waals surface area contributed by atoms with Crippen molar-refractivity contribution in [2.75, 3.05) is 84.6 Å². The number of aromatic carboxylic acids is 1. The minimum atomic E-state index is -3.44. The predicted octanol–water partition coefficient (Wildman–Crippen LogP) is 6.05. The van der Waals surface area contributed by atoms with E-state index in [1.807, 2.05) is 71.8 Å². The molecule has 0 spiro atoms. The molecule has 2 aliphatic heterocycles. The minimum absolute atomic E-state index is 0.268. The van der Waals surface area contributed by atoms with Gasteiger partial charge in [0.15, 0.2) is 0 Å². The van der Waals surface area contributed by atoms with E-state index in [4.69, 9.17) is 19.3 Å². The number of carboxylic acids is 1. The smallest absolute Gasteiger partial charge is 0.352 e. The molecular formula is C46H55N7O7S. The Kier molecular flexibility index (Phi) is 12.6. The van der Waals surface area contributed by atoms with Crippen LogP contribution in [0, 0.1) is 6.92 Å². The third-order valence-electron chi connectivity index (χ3n) is 11.9. The van der Waals surface area contributed by atoms with Gasteiger partial charge in [-0.15, -0.1) is 0 Å². The molecule has 2 aromatic heterocycles. The number of ether oxygens (including phenoxy) is 3. The average molecular weight is 850 g/mol. The van der Waals surface area contributed by atoms with E-state index in [-0.39, 0.29) is 6.61 Å². The summed E-state index contributed by atoms with van der Waals surface area (Å²) in [6.07, 6.45) is 1.16. The molecule has 0 bridgehead atoms. The molecule has 8 rings (SSSR count). The van der Waals surface area contributed by atoms with E-state index < -0.39 is 16.2 Å². The molecule has 4 heterocycles. The van der Waals surface area contributed by atoms with Gasteiger partial charge >= 0.3 is 5.97 Å². The van der Waals surface area contributed by atoms with Crippen LogP contribution in [0.25, 0.3) is 32.8 Å². The van der Waals surface area contributed by atoms with Gasteiger partial charge in [0.25, 0.3) is 10.2 Å². The Labute approximate surface area is 357 Å². The summed E-state index contributed by atoms with van der Waals surface area (Å²) in [5.74, 6) is 0.578. The van der Waals surface area contributed by atoms with Gasteiger partial charge in [0.2, 0.25) is 0 Å². The van der Waals surface area contributed by atoms with Crippen molar-refractivity contribution in [1.82, 2.24) is 27.9 Å². The minimum Gasteiger partial charge on any atom is -0.493 e. The van der Waals surface area contributed by atoms with Gasteiger partial charge in [-0.2, -0.15) is 22.1 Å². The van der Waals surface area contributed by atoms with Crippen LogP contribution >= 0.6 is 0 Å². The van der Waals surface area contributed by atoms with Crippen LogP contribution in [0.4, 0.5) is 5.69 Å². The first-order valence-corrected chi connectivity index (χ1v) is 22.4. The van der Waals surface area contributed by atoms with Crippen LogP contribution in [0.5, 0.6) is 11.5 Å². The fourth-order valence-electron chi connectivity index (χ4n) is 8.69. The zero-order valence-electron chi connectivity index (χ0n) is 35.4. The highest BCUT2D eigenvalue weighted by molar-refractivity contribution is 7.86. The second-order valence-corrected chi connectivity index (χ2v) is 18.0. The summed E-state index contributed by atoms with van der Waals surface area (Å²) >= 11 is 0. The number of aryl methyl sites for hydroxylation is 3. The maximum absolute atomic E-state index is 13.2. The highest BCUT2D eigenvalue weighted by Gasteiger charge is 2.29. The third kappa shape index (κ3) is 8.98. The SMILES string of the molecule is Cc1nn(C)c(COc2ccc(N3CCN(S(=O)(=O)N(C)C)CC3)cc2)c1-c1ccc2c(c1)c(CCCOc1cccc3ccccc13)c(C(=O)O)n2CCN1CCOCC1. The molecule has 15 heteroatoms. The van der Waals surface area contributed by atoms with Crippen molar-refractivity contribution >= 4 is 43.5 Å². The quantitative estimate of drug-likeness (QED) is 0.115. The number of rotatable bonds is 16. The number of hydrogen-bond acceptors (Lipinski definition) is 9. The van der Waals surface area contributed by atoms with Gasteiger partial charge in [-0.3, -0.25) is 9.58 Å². The lowest BCUT2D eigenvalue weighted by Gasteiger charge is -2.36. The van der Waals surface area contributed by atoms with Gasteiger partial charge in [-0.1, -0.05) is 42.5 Å². The Bertz CT molecular complexity index is 2600.